The second kappa shape index (κ2) is 14.4. The van der Waals surface area contributed by atoms with Gasteiger partial charge in [-0.25, -0.2) is 0 Å². The van der Waals surface area contributed by atoms with E-state index in [9.17, 15) is 0 Å². The molecule has 0 aliphatic carbocycles. The van der Waals surface area contributed by atoms with Crippen molar-refractivity contribution in [3.8, 4) is 0 Å². The molecule has 28 heavy (non-hydrogen) atoms. The van der Waals surface area contributed by atoms with Crippen molar-refractivity contribution in [1.82, 2.24) is 0 Å². The van der Waals surface area contributed by atoms with E-state index < -0.39 is 16.1 Å². The third-order valence-electron chi connectivity index (χ3n) is 6.55. The van der Waals surface area contributed by atoms with Gasteiger partial charge < -0.3 is 0 Å². The van der Waals surface area contributed by atoms with Crippen LogP contribution < -0.4 is 0 Å². The van der Waals surface area contributed by atoms with E-state index in [0.717, 1.165) is 77.0 Å². The van der Waals surface area contributed by atoms with Gasteiger partial charge in [0.15, 0.2) is 0 Å². The summed E-state index contributed by atoms with van der Waals surface area (Å²) < 4.78 is 28.6. The molecule has 170 valence electrons. The SMILES string of the molecule is CCCCC(C)[O][Ti](=[O])([O]C(C)CCCC)([CH](C)CCCC)[CH](C)CCCC. The molecular formula is C24H52O3Ti. The second-order valence-corrected chi connectivity index (χ2v) is 16.7. The zero-order valence-electron chi connectivity index (χ0n) is 20.5. The molecule has 0 aromatic heterocycles. The fourth-order valence-corrected chi connectivity index (χ4v) is 12.6. The van der Waals surface area contributed by atoms with Crippen molar-refractivity contribution in [2.45, 2.75) is 153 Å². The standard InChI is InChI=1S/2C6H13O.2C6H13.O.Ti/c2*1-3-4-5-6(2)7;2*1-3-5-6-4-2;;/h2*6H,3-5H2,1-2H3;2*3H,4-6H2,1-2H3;;/q2*-1;;;;+2. The molecule has 0 amide bonds. The van der Waals surface area contributed by atoms with E-state index in [2.05, 4.69) is 55.4 Å². The van der Waals surface area contributed by atoms with Gasteiger partial charge in [0.25, 0.3) is 0 Å². The molecule has 0 aliphatic rings. The zero-order chi connectivity index (χ0) is 21.7. The Morgan fingerprint density at radius 3 is 1.14 bits per heavy atom. The molecule has 0 bridgehead atoms. The molecule has 0 N–H and O–H groups in total. The van der Waals surface area contributed by atoms with Gasteiger partial charge >= 0.3 is 179 Å². The zero-order valence-corrected chi connectivity index (χ0v) is 22.1. The van der Waals surface area contributed by atoms with Crippen molar-refractivity contribution in [2.75, 3.05) is 0 Å². The maximum absolute atomic E-state index is 15.2. The molecule has 0 radical (unpaired) electrons. The van der Waals surface area contributed by atoms with Crippen molar-refractivity contribution in [3.05, 3.63) is 0 Å². The summed E-state index contributed by atoms with van der Waals surface area (Å²) in [5.74, 6) is 0. The van der Waals surface area contributed by atoms with Gasteiger partial charge in [-0.3, -0.25) is 0 Å². The van der Waals surface area contributed by atoms with Crippen LogP contribution in [0, 0.1) is 0 Å². The van der Waals surface area contributed by atoms with E-state index in [4.69, 9.17) is 6.64 Å². The predicted octanol–water partition coefficient (Wildman–Crippen LogP) is 9.04. The molecule has 0 aliphatic heterocycles. The van der Waals surface area contributed by atoms with E-state index in [1.54, 1.807) is 0 Å². The molecule has 4 heteroatoms. The van der Waals surface area contributed by atoms with Gasteiger partial charge in [0.2, 0.25) is 0 Å². The molecular weight excluding hydrogens is 384 g/mol. The van der Waals surface area contributed by atoms with E-state index in [-0.39, 0.29) is 20.7 Å². The minimum atomic E-state index is -4.94. The molecule has 0 saturated heterocycles. The van der Waals surface area contributed by atoms with Crippen LogP contribution in [0.5, 0.6) is 0 Å². The van der Waals surface area contributed by atoms with Crippen molar-refractivity contribution in [3.63, 3.8) is 0 Å². The van der Waals surface area contributed by atoms with Crippen LogP contribution >= 0.6 is 0 Å². The summed E-state index contributed by atoms with van der Waals surface area (Å²) in [6, 6.07) is 0. The van der Waals surface area contributed by atoms with Gasteiger partial charge in [-0.2, -0.15) is 0 Å². The Kier molecular flexibility index (Phi) is 14.7. The Hall–Kier alpha value is 0.434. The van der Waals surface area contributed by atoms with Crippen LogP contribution in [0.1, 0.15) is 132 Å². The molecule has 0 spiro atoms. The van der Waals surface area contributed by atoms with Crippen LogP contribution in [0.25, 0.3) is 0 Å². The monoisotopic (exact) mass is 436 g/mol. The van der Waals surface area contributed by atoms with Gasteiger partial charge in [-0.05, 0) is 0 Å². The Bertz CT molecular complexity index is 409. The quantitative estimate of drug-likeness (QED) is 0.201. The average Bonchev–Trinajstić information content (AvgIpc) is 2.66. The molecule has 3 nitrogen and oxygen atoms in total. The van der Waals surface area contributed by atoms with Gasteiger partial charge in [0.1, 0.15) is 0 Å². The summed E-state index contributed by atoms with van der Waals surface area (Å²) in [5.41, 5.74) is 0. The molecule has 0 heterocycles. The predicted molar refractivity (Wildman–Crippen MR) is 119 cm³/mol. The first-order valence-corrected chi connectivity index (χ1v) is 16.1. The fraction of sp³-hybridized carbons (Fsp3) is 1.00. The minimum absolute atomic E-state index is 0.000906. The topological polar surface area (TPSA) is 35.5 Å². The van der Waals surface area contributed by atoms with Crippen LogP contribution in [0.4, 0.5) is 0 Å². The second-order valence-electron chi connectivity index (χ2n) is 9.35. The van der Waals surface area contributed by atoms with Gasteiger partial charge in [-0.1, -0.05) is 0 Å². The molecule has 0 aromatic rings. The first-order valence-electron chi connectivity index (χ1n) is 12.4. The Labute approximate surface area is 178 Å². The van der Waals surface area contributed by atoms with Crippen LogP contribution in [-0.2, 0) is 26.0 Å². The number of rotatable bonds is 18. The van der Waals surface area contributed by atoms with Gasteiger partial charge in [0.05, 0.1) is 0 Å². The Balaban J connectivity index is 5.95. The van der Waals surface area contributed by atoms with Crippen molar-refractivity contribution >= 4 is 0 Å². The summed E-state index contributed by atoms with van der Waals surface area (Å²) >= 11 is -4.94. The molecule has 0 aromatic carbocycles. The van der Waals surface area contributed by atoms with E-state index in [1.807, 2.05) is 0 Å². The maximum atomic E-state index is 15.2. The van der Waals surface area contributed by atoms with Crippen molar-refractivity contribution in [2.24, 2.45) is 0 Å². The van der Waals surface area contributed by atoms with Crippen LogP contribution in [0.3, 0.4) is 0 Å². The third-order valence-corrected chi connectivity index (χ3v) is 15.7. The van der Waals surface area contributed by atoms with Gasteiger partial charge in [-0.15, -0.1) is 0 Å². The first kappa shape index (κ1) is 28.4. The Morgan fingerprint density at radius 2 is 0.857 bits per heavy atom. The average molecular weight is 437 g/mol. The van der Waals surface area contributed by atoms with E-state index in [0.29, 0.717) is 0 Å². The van der Waals surface area contributed by atoms with E-state index in [1.165, 1.54) is 0 Å². The molecule has 4 unspecified atom stereocenters. The molecule has 4 atom stereocenters. The van der Waals surface area contributed by atoms with E-state index >= 15 is 3.32 Å². The van der Waals surface area contributed by atoms with Crippen molar-refractivity contribution in [1.29, 1.82) is 0 Å². The molecule has 0 rings (SSSR count). The van der Waals surface area contributed by atoms with Gasteiger partial charge in [0, 0.05) is 0 Å². The summed E-state index contributed by atoms with van der Waals surface area (Å²) in [6.45, 7) is 17.3. The molecule has 0 fully saturated rings. The number of unbranched alkanes of at least 4 members (excludes halogenated alkanes) is 4. The third kappa shape index (κ3) is 8.66. The first-order chi connectivity index (χ1) is 13.2. The van der Waals surface area contributed by atoms with Crippen LogP contribution in [-0.4, -0.2) is 12.2 Å². The summed E-state index contributed by atoms with van der Waals surface area (Å²) in [7, 11) is 0. The van der Waals surface area contributed by atoms with Crippen LogP contribution in [0.2, 0.25) is 8.45 Å². The summed E-state index contributed by atoms with van der Waals surface area (Å²) in [6.07, 6.45) is 12.7. The summed E-state index contributed by atoms with van der Waals surface area (Å²) in [5, 5.41) is 0. The van der Waals surface area contributed by atoms with Crippen molar-refractivity contribution < 1.29 is 26.0 Å². The summed E-state index contributed by atoms with van der Waals surface area (Å²) in [4.78, 5) is 0. The fourth-order valence-electron chi connectivity index (χ4n) is 4.41. The number of hydrogen-bond acceptors (Lipinski definition) is 3. The number of hydrogen-bond donors (Lipinski definition) is 0. The Morgan fingerprint density at radius 1 is 0.571 bits per heavy atom. The van der Waals surface area contributed by atoms with Crippen LogP contribution in [0.15, 0.2) is 0 Å². The normalized spacial score (nSPS) is 17.3. The molecule has 0 saturated carbocycles.